The molecule has 2 aliphatic heterocycles. The Balaban J connectivity index is 1.77. The number of hydrogen-bond donors (Lipinski definition) is 1. The van der Waals surface area contributed by atoms with Crippen molar-refractivity contribution < 1.29 is 9.36 Å². The summed E-state index contributed by atoms with van der Waals surface area (Å²) in [5, 5.41) is 2.72. The predicted molar refractivity (Wildman–Crippen MR) is 77.4 cm³/mol. The van der Waals surface area contributed by atoms with E-state index >= 15 is 0 Å². The van der Waals surface area contributed by atoms with Gasteiger partial charge in [0.1, 0.15) is 0 Å². The van der Waals surface area contributed by atoms with Crippen LogP contribution in [0.3, 0.4) is 0 Å². The molecule has 0 saturated carbocycles. The number of rotatable bonds is 4. The lowest BCUT2D eigenvalue weighted by molar-refractivity contribution is 0.0977. The number of amides is 1. The minimum atomic E-state index is -2.81. The van der Waals surface area contributed by atoms with E-state index in [2.05, 4.69) is 27.7 Å². The van der Waals surface area contributed by atoms with Crippen molar-refractivity contribution in [2.24, 2.45) is 0 Å². The van der Waals surface area contributed by atoms with Crippen LogP contribution in [-0.4, -0.2) is 41.4 Å². The smallest absolute Gasteiger partial charge is 0.279 e. The number of nitrogens with one attached hydrogen (secondary N) is 1. The number of benzene rings is 1. The Morgan fingerprint density at radius 1 is 1.11 bits per heavy atom. The maximum Gasteiger partial charge on any atom is 0.311 e. The predicted octanol–water partition coefficient (Wildman–Crippen LogP) is 1.76. The van der Waals surface area contributed by atoms with E-state index < -0.39 is 7.59 Å². The molecule has 7 heteroatoms. The molecule has 18 heavy (non-hydrogen) atoms. The lowest BCUT2D eigenvalue weighted by Gasteiger charge is -2.20. The van der Waals surface area contributed by atoms with Crippen LogP contribution in [0.15, 0.2) is 24.3 Å². The Bertz CT molecular complexity index is 510. The molecule has 0 aromatic heterocycles. The van der Waals surface area contributed by atoms with Crippen LogP contribution in [-0.2, 0) is 4.57 Å². The first-order valence-corrected chi connectivity index (χ1v) is 8.48. The highest BCUT2D eigenvalue weighted by Crippen LogP contribution is 2.56. The molecule has 3 rings (SSSR count). The fraction of sp³-hybridized carbons (Fsp3) is 0.364. The molecule has 1 aromatic rings. The van der Waals surface area contributed by atoms with Crippen molar-refractivity contribution in [3.63, 3.8) is 0 Å². The summed E-state index contributed by atoms with van der Waals surface area (Å²) in [6.45, 7) is 3.23. The summed E-state index contributed by atoms with van der Waals surface area (Å²) in [7, 11) is -2.81. The summed E-state index contributed by atoms with van der Waals surface area (Å²) in [5.41, 5.74) is 0.555. The van der Waals surface area contributed by atoms with E-state index in [1.807, 2.05) is 21.5 Å². The van der Waals surface area contributed by atoms with Gasteiger partial charge in [0, 0.05) is 35.3 Å². The zero-order valence-electron chi connectivity index (χ0n) is 9.67. The quantitative estimate of drug-likeness (QED) is 0.494. The molecule has 2 aliphatic rings. The van der Waals surface area contributed by atoms with Crippen molar-refractivity contribution >= 4 is 36.1 Å². The van der Waals surface area contributed by atoms with Gasteiger partial charge in [-0.25, -0.2) is 9.34 Å². The molecular formula is C11H13IN3O2P. The Labute approximate surface area is 119 Å². The van der Waals surface area contributed by atoms with Crippen LogP contribution < -0.4 is 5.09 Å². The van der Waals surface area contributed by atoms with Crippen molar-refractivity contribution in [3.8, 4) is 0 Å². The second-order valence-corrected chi connectivity index (χ2v) is 8.09. The van der Waals surface area contributed by atoms with Gasteiger partial charge in [-0.2, -0.15) is 0 Å². The first-order chi connectivity index (χ1) is 8.59. The number of carbonyl (C=O) groups excluding carboxylic acids is 1. The first kappa shape index (κ1) is 12.6. The molecule has 1 aromatic carbocycles. The third kappa shape index (κ3) is 2.47. The van der Waals surface area contributed by atoms with Crippen LogP contribution >= 0.6 is 30.2 Å². The summed E-state index contributed by atoms with van der Waals surface area (Å²) >= 11 is 2.19. The molecule has 0 aliphatic carbocycles. The molecule has 2 saturated heterocycles. The second-order valence-electron chi connectivity index (χ2n) is 4.40. The molecule has 1 N–H and O–H groups in total. The van der Waals surface area contributed by atoms with Gasteiger partial charge in [0.25, 0.3) is 5.91 Å². The van der Waals surface area contributed by atoms with E-state index in [0.717, 1.165) is 29.7 Å². The van der Waals surface area contributed by atoms with Crippen LogP contribution in [0, 0.1) is 3.57 Å². The van der Waals surface area contributed by atoms with E-state index in [1.165, 1.54) is 0 Å². The number of nitrogens with zero attached hydrogens (tertiary/aromatic N) is 2. The number of halogens is 1. The fourth-order valence-corrected chi connectivity index (χ4v) is 4.41. The first-order valence-electron chi connectivity index (χ1n) is 5.79. The van der Waals surface area contributed by atoms with Gasteiger partial charge in [-0.3, -0.25) is 14.4 Å². The zero-order chi connectivity index (χ0) is 12.8. The number of carbonyl (C=O) groups is 1. The molecule has 0 radical (unpaired) electrons. The Kier molecular flexibility index (Phi) is 3.21. The zero-order valence-corrected chi connectivity index (χ0v) is 12.7. The Morgan fingerprint density at radius 2 is 1.61 bits per heavy atom. The van der Waals surface area contributed by atoms with Crippen LogP contribution in [0.25, 0.3) is 0 Å². The molecule has 5 nitrogen and oxygen atoms in total. The summed E-state index contributed by atoms with van der Waals surface area (Å²) < 4.78 is 17.5. The maximum absolute atomic E-state index is 12.7. The van der Waals surface area contributed by atoms with E-state index in [-0.39, 0.29) is 5.91 Å². The van der Waals surface area contributed by atoms with Crippen LogP contribution in [0.1, 0.15) is 10.4 Å². The summed E-state index contributed by atoms with van der Waals surface area (Å²) in [5.74, 6) is -0.256. The molecule has 96 valence electrons. The summed E-state index contributed by atoms with van der Waals surface area (Å²) in [6.07, 6.45) is 0. The molecule has 0 atom stereocenters. The minimum Gasteiger partial charge on any atom is -0.279 e. The lowest BCUT2D eigenvalue weighted by Crippen LogP contribution is -2.27. The molecule has 0 spiro atoms. The van der Waals surface area contributed by atoms with Gasteiger partial charge in [-0.1, -0.05) is 0 Å². The van der Waals surface area contributed by atoms with Gasteiger partial charge >= 0.3 is 7.59 Å². The normalized spacial score (nSPS) is 19.6. The monoisotopic (exact) mass is 377 g/mol. The summed E-state index contributed by atoms with van der Waals surface area (Å²) in [6, 6.07) is 7.25. The molecule has 2 heterocycles. The second kappa shape index (κ2) is 4.59. The minimum absolute atomic E-state index is 0.256. The topological polar surface area (TPSA) is 52.2 Å². The van der Waals surface area contributed by atoms with Crippen LogP contribution in [0.4, 0.5) is 0 Å². The van der Waals surface area contributed by atoms with E-state index in [1.54, 1.807) is 12.1 Å². The van der Waals surface area contributed by atoms with Gasteiger partial charge in [-0.05, 0) is 46.9 Å². The molecular weight excluding hydrogens is 364 g/mol. The SMILES string of the molecule is O=C(NP(=O)(N1CC1)N1CC1)c1ccc(I)cc1. The van der Waals surface area contributed by atoms with Gasteiger partial charge in [0.15, 0.2) is 0 Å². The lowest BCUT2D eigenvalue weighted by atomic mass is 10.2. The third-order valence-corrected chi connectivity index (χ3v) is 6.51. The Morgan fingerprint density at radius 3 is 2.06 bits per heavy atom. The van der Waals surface area contributed by atoms with Gasteiger partial charge in [-0.15, -0.1) is 0 Å². The average molecular weight is 377 g/mol. The standard InChI is InChI=1S/C11H13IN3O2P/c12-10-3-1-9(2-4-10)11(16)13-18(17,14-5-6-14)15-7-8-15/h1-4H,5-8H2,(H,13,16,17). The average Bonchev–Trinajstić information content (AvgIpc) is 3.18. The molecule has 1 amide bonds. The Hall–Kier alpha value is -0.430. The van der Waals surface area contributed by atoms with Crippen molar-refractivity contribution in [3.05, 3.63) is 33.4 Å². The summed E-state index contributed by atoms with van der Waals surface area (Å²) in [4.78, 5) is 12.1. The van der Waals surface area contributed by atoms with E-state index in [0.29, 0.717) is 5.56 Å². The van der Waals surface area contributed by atoms with Gasteiger partial charge in [0.05, 0.1) is 0 Å². The maximum atomic E-state index is 12.7. The highest BCUT2D eigenvalue weighted by Gasteiger charge is 2.49. The van der Waals surface area contributed by atoms with E-state index in [4.69, 9.17) is 0 Å². The van der Waals surface area contributed by atoms with E-state index in [9.17, 15) is 9.36 Å². The van der Waals surface area contributed by atoms with Crippen molar-refractivity contribution in [2.45, 2.75) is 0 Å². The molecule has 0 unspecified atom stereocenters. The van der Waals surface area contributed by atoms with Crippen LogP contribution in [0.5, 0.6) is 0 Å². The molecule has 2 fully saturated rings. The molecule has 0 bridgehead atoms. The van der Waals surface area contributed by atoms with Crippen molar-refractivity contribution in [1.82, 2.24) is 14.4 Å². The van der Waals surface area contributed by atoms with Gasteiger partial charge < -0.3 is 0 Å². The fourth-order valence-electron chi connectivity index (χ4n) is 1.75. The van der Waals surface area contributed by atoms with Crippen molar-refractivity contribution in [2.75, 3.05) is 26.2 Å². The number of hydrogen-bond acceptors (Lipinski definition) is 2. The highest BCUT2D eigenvalue weighted by molar-refractivity contribution is 14.1. The van der Waals surface area contributed by atoms with Crippen molar-refractivity contribution in [1.29, 1.82) is 0 Å². The van der Waals surface area contributed by atoms with Crippen LogP contribution in [0.2, 0.25) is 0 Å². The largest absolute Gasteiger partial charge is 0.311 e. The highest BCUT2D eigenvalue weighted by atomic mass is 127. The van der Waals surface area contributed by atoms with Gasteiger partial charge in [0.2, 0.25) is 0 Å². The third-order valence-electron chi connectivity index (χ3n) is 2.97.